The first kappa shape index (κ1) is 11.0. The Kier molecular flexibility index (Phi) is 2.63. The number of nitrogens with zero attached hydrogens (tertiary/aromatic N) is 2. The zero-order valence-corrected chi connectivity index (χ0v) is 8.40. The molecular weight excluding hydrogens is 220 g/mol. The third kappa shape index (κ3) is 2.35. The van der Waals surface area contributed by atoms with Crippen molar-refractivity contribution in [1.29, 1.82) is 0 Å². The van der Waals surface area contributed by atoms with Gasteiger partial charge in [0, 0.05) is 12.6 Å². The van der Waals surface area contributed by atoms with Crippen molar-refractivity contribution >= 4 is 5.91 Å². The molecule has 1 atom stereocenters. The van der Waals surface area contributed by atoms with Crippen molar-refractivity contribution in [2.45, 2.75) is 25.0 Å². The lowest BCUT2D eigenvalue weighted by Gasteiger charge is -2.02. The highest BCUT2D eigenvalue weighted by molar-refractivity contribution is 5.92. The van der Waals surface area contributed by atoms with Gasteiger partial charge in [-0.05, 0) is 0 Å². The summed E-state index contributed by atoms with van der Waals surface area (Å²) in [5.41, 5.74) is 5.32. The molecule has 1 aliphatic carbocycles. The van der Waals surface area contributed by atoms with Gasteiger partial charge < -0.3 is 10.5 Å². The molecular formula is C9H11F2N3O2. The number of amides is 1. The number of carbonyl (C=O) groups excluding carboxylic acids is 1. The minimum atomic E-state index is -2.66. The highest BCUT2D eigenvalue weighted by Gasteiger charge is 2.58. The maximum atomic E-state index is 12.4. The van der Waals surface area contributed by atoms with Crippen LogP contribution in [-0.4, -0.2) is 34.3 Å². The van der Waals surface area contributed by atoms with Crippen LogP contribution < -0.4 is 5.73 Å². The Morgan fingerprint density at radius 3 is 2.94 bits per heavy atom. The van der Waals surface area contributed by atoms with Crippen molar-refractivity contribution in [2.24, 2.45) is 5.73 Å². The van der Waals surface area contributed by atoms with Crippen molar-refractivity contribution in [3.63, 3.8) is 0 Å². The van der Waals surface area contributed by atoms with Gasteiger partial charge in [-0.2, -0.15) is 5.10 Å². The van der Waals surface area contributed by atoms with Crippen LogP contribution in [0, 0.1) is 0 Å². The molecule has 1 aromatic heterocycles. The summed E-state index contributed by atoms with van der Waals surface area (Å²) in [6.45, 7) is 0.458. The van der Waals surface area contributed by atoms with E-state index in [1.54, 1.807) is 0 Å². The second-order valence-corrected chi connectivity index (χ2v) is 3.68. The molecule has 88 valence electrons. The molecule has 0 aliphatic heterocycles. The lowest BCUT2D eigenvalue weighted by Crippen LogP contribution is -2.12. The molecule has 1 amide bonds. The average Bonchev–Trinajstić information content (AvgIpc) is 2.65. The van der Waals surface area contributed by atoms with E-state index < -0.39 is 17.9 Å². The first-order valence-electron chi connectivity index (χ1n) is 4.81. The smallest absolute Gasteiger partial charge is 0.276 e. The van der Waals surface area contributed by atoms with Crippen LogP contribution in [0.2, 0.25) is 0 Å². The summed E-state index contributed by atoms with van der Waals surface area (Å²) in [5.74, 6) is -3.23. The van der Waals surface area contributed by atoms with Gasteiger partial charge in [-0.15, -0.1) is 0 Å². The summed E-state index contributed by atoms with van der Waals surface area (Å²) in [6.07, 6.45) is 1.61. The maximum Gasteiger partial charge on any atom is 0.276 e. The lowest BCUT2D eigenvalue weighted by atomic mass is 10.3. The monoisotopic (exact) mass is 231 g/mol. The predicted molar refractivity (Wildman–Crippen MR) is 50.0 cm³/mol. The Morgan fingerprint density at radius 2 is 2.44 bits per heavy atom. The first-order chi connectivity index (χ1) is 7.49. The van der Waals surface area contributed by atoms with Crippen molar-refractivity contribution in [3.05, 3.63) is 18.0 Å². The fraction of sp³-hybridized carbons (Fsp3) is 0.556. The van der Waals surface area contributed by atoms with Crippen LogP contribution in [0.3, 0.4) is 0 Å². The van der Waals surface area contributed by atoms with Crippen molar-refractivity contribution in [2.75, 3.05) is 6.61 Å². The standard InChI is InChI=1S/C9H11F2N3O2/c10-9(11)3-7(9)16-2-1-14-5-6(4-13-14)8(12)15/h4-5,7H,1-3H2,(H2,12,15). The van der Waals surface area contributed by atoms with E-state index in [1.807, 2.05) is 0 Å². The summed E-state index contributed by atoms with van der Waals surface area (Å²) >= 11 is 0. The molecule has 7 heteroatoms. The van der Waals surface area contributed by atoms with Crippen molar-refractivity contribution < 1.29 is 18.3 Å². The van der Waals surface area contributed by atoms with E-state index in [-0.39, 0.29) is 18.6 Å². The Hall–Kier alpha value is -1.50. The van der Waals surface area contributed by atoms with E-state index in [1.165, 1.54) is 17.1 Å². The Balaban J connectivity index is 1.75. The largest absolute Gasteiger partial charge is 0.370 e. The van der Waals surface area contributed by atoms with Crippen molar-refractivity contribution in [1.82, 2.24) is 9.78 Å². The molecule has 0 radical (unpaired) electrons. The molecule has 5 nitrogen and oxygen atoms in total. The normalized spacial score (nSPS) is 22.0. The maximum absolute atomic E-state index is 12.4. The Labute approximate surface area is 90.2 Å². The molecule has 1 heterocycles. The average molecular weight is 231 g/mol. The number of primary amides is 1. The van der Waals surface area contributed by atoms with E-state index in [2.05, 4.69) is 5.10 Å². The van der Waals surface area contributed by atoms with Gasteiger partial charge in [-0.25, -0.2) is 8.78 Å². The summed E-state index contributed by atoms with van der Waals surface area (Å²) < 4.78 is 31.2. The van der Waals surface area contributed by atoms with Crippen molar-refractivity contribution in [3.8, 4) is 0 Å². The van der Waals surface area contributed by atoms with E-state index in [0.717, 1.165) is 0 Å². The van der Waals surface area contributed by atoms with Gasteiger partial charge in [0.05, 0.1) is 24.9 Å². The van der Waals surface area contributed by atoms with Crippen LogP contribution >= 0.6 is 0 Å². The molecule has 1 saturated carbocycles. The van der Waals surface area contributed by atoms with Crippen LogP contribution in [0.15, 0.2) is 12.4 Å². The molecule has 0 bridgehead atoms. The number of hydrogen-bond donors (Lipinski definition) is 1. The molecule has 1 aromatic rings. The summed E-state index contributed by atoms with van der Waals surface area (Å²) in [6, 6.07) is 0. The fourth-order valence-corrected chi connectivity index (χ4v) is 1.27. The van der Waals surface area contributed by atoms with Crippen LogP contribution in [-0.2, 0) is 11.3 Å². The number of alkyl halides is 2. The molecule has 1 unspecified atom stereocenters. The van der Waals surface area contributed by atoms with Gasteiger partial charge >= 0.3 is 0 Å². The first-order valence-corrected chi connectivity index (χ1v) is 4.81. The Bertz CT molecular complexity index is 405. The number of hydrogen-bond acceptors (Lipinski definition) is 3. The van der Waals surface area contributed by atoms with Gasteiger partial charge in [0.1, 0.15) is 6.10 Å². The zero-order valence-electron chi connectivity index (χ0n) is 8.40. The van der Waals surface area contributed by atoms with Crippen LogP contribution in [0.25, 0.3) is 0 Å². The van der Waals surface area contributed by atoms with Crippen LogP contribution in [0.5, 0.6) is 0 Å². The van der Waals surface area contributed by atoms with Gasteiger partial charge in [-0.3, -0.25) is 9.48 Å². The summed E-state index contributed by atoms with van der Waals surface area (Å²) in [4.78, 5) is 10.7. The molecule has 2 rings (SSSR count). The minimum absolute atomic E-state index is 0.139. The minimum Gasteiger partial charge on any atom is -0.370 e. The molecule has 16 heavy (non-hydrogen) atoms. The van der Waals surface area contributed by atoms with Crippen LogP contribution in [0.4, 0.5) is 8.78 Å². The number of halogens is 2. The highest BCUT2D eigenvalue weighted by atomic mass is 19.3. The second-order valence-electron chi connectivity index (χ2n) is 3.68. The molecule has 0 aromatic carbocycles. The predicted octanol–water partition coefficient (Wildman–Crippen LogP) is 0.406. The van der Waals surface area contributed by atoms with Gasteiger partial charge in [0.15, 0.2) is 0 Å². The number of nitrogens with two attached hydrogens (primary N) is 1. The number of ether oxygens (including phenoxy) is 1. The third-order valence-electron chi connectivity index (χ3n) is 2.33. The van der Waals surface area contributed by atoms with Gasteiger partial charge in [-0.1, -0.05) is 0 Å². The molecule has 1 aliphatic rings. The number of carbonyl (C=O) groups is 1. The van der Waals surface area contributed by atoms with Gasteiger partial charge in [0.25, 0.3) is 11.8 Å². The number of aromatic nitrogens is 2. The molecule has 1 fully saturated rings. The number of rotatable bonds is 5. The molecule has 0 spiro atoms. The second kappa shape index (κ2) is 3.82. The van der Waals surface area contributed by atoms with Gasteiger partial charge in [0.2, 0.25) is 0 Å². The summed E-state index contributed by atoms with van der Waals surface area (Å²) in [7, 11) is 0. The third-order valence-corrected chi connectivity index (χ3v) is 2.33. The van der Waals surface area contributed by atoms with E-state index >= 15 is 0 Å². The Morgan fingerprint density at radius 1 is 1.75 bits per heavy atom. The lowest BCUT2D eigenvalue weighted by molar-refractivity contribution is 0.0100. The molecule has 0 saturated heterocycles. The summed E-state index contributed by atoms with van der Waals surface area (Å²) in [5, 5.41) is 3.84. The zero-order chi connectivity index (χ0) is 11.8. The van der Waals surface area contributed by atoms with E-state index in [9.17, 15) is 13.6 Å². The highest BCUT2D eigenvalue weighted by Crippen LogP contribution is 2.44. The SMILES string of the molecule is NC(=O)c1cnn(CCOC2CC2(F)F)c1. The topological polar surface area (TPSA) is 70.1 Å². The quantitative estimate of drug-likeness (QED) is 0.797. The van der Waals surface area contributed by atoms with E-state index in [0.29, 0.717) is 6.54 Å². The van der Waals surface area contributed by atoms with E-state index in [4.69, 9.17) is 10.5 Å². The van der Waals surface area contributed by atoms with Crippen LogP contribution in [0.1, 0.15) is 16.8 Å². The fourth-order valence-electron chi connectivity index (χ4n) is 1.27. The molecule has 2 N–H and O–H groups in total.